The molecule has 5 heteroatoms. The van der Waals surface area contributed by atoms with Crippen LogP contribution in [0.5, 0.6) is 0 Å². The normalized spacial score (nSPS) is 10.4. The van der Waals surface area contributed by atoms with Gasteiger partial charge in [-0.1, -0.05) is 0 Å². The Kier molecular flexibility index (Phi) is 2.25. The van der Waals surface area contributed by atoms with Gasteiger partial charge in [-0.3, -0.25) is 4.98 Å². The minimum absolute atomic E-state index is 0.600. The first-order valence-electron chi connectivity index (χ1n) is 4.09. The highest BCUT2D eigenvalue weighted by Gasteiger charge is 2.07. The van der Waals surface area contributed by atoms with Gasteiger partial charge in [0, 0.05) is 12.4 Å². The van der Waals surface area contributed by atoms with Gasteiger partial charge in [0.2, 0.25) is 0 Å². The van der Waals surface area contributed by atoms with Gasteiger partial charge in [0.1, 0.15) is 5.69 Å². The summed E-state index contributed by atoms with van der Waals surface area (Å²) < 4.78 is 2.57. The van der Waals surface area contributed by atoms with Crippen LogP contribution in [0, 0.1) is 6.92 Å². The highest BCUT2D eigenvalue weighted by Crippen LogP contribution is 2.24. The smallest absolute Gasteiger partial charge is 0.105 e. The second kappa shape index (κ2) is 3.42. The van der Waals surface area contributed by atoms with Crippen LogP contribution in [0.4, 0.5) is 5.69 Å². The number of hydrogen-bond donors (Lipinski definition) is 1. The summed E-state index contributed by atoms with van der Waals surface area (Å²) >= 11 is 3.39. The molecule has 0 bridgehead atoms. The van der Waals surface area contributed by atoms with Gasteiger partial charge in [-0.15, -0.1) is 0 Å². The van der Waals surface area contributed by atoms with E-state index in [4.69, 9.17) is 5.73 Å². The van der Waals surface area contributed by atoms with Crippen molar-refractivity contribution in [1.29, 1.82) is 0 Å². The summed E-state index contributed by atoms with van der Waals surface area (Å²) in [4.78, 5) is 3.96. The molecule has 0 aliphatic heterocycles. The monoisotopic (exact) mass is 252 g/mol. The van der Waals surface area contributed by atoms with Crippen LogP contribution in [0.2, 0.25) is 0 Å². The van der Waals surface area contributed by atoms with E-state index < -0.39 is 0 Å². The molecule has 2 aromatic rings. The number of anilines is 1. The number of pyridine rings is 1. The van der Waals surface area contributed by atoms with Gasteiger partial charge >= 0.3 is 0 Å². The second-order valence-electron chi connectivity index (χ2n) is 3.02. The molecule has 4 nitrogen and oxygen atoms in total. The van der Waals surface area contributed by atoms with Crippen molar-refractivity contribution < 1.29 is 0 Å². The summed E-state index contributed by atoms with van der Waals surface area (Å²) in [6.45, 7) is 1.98. The largest absolute Gasteiger partial charge is 0.396 e. The Hall–Kier alpha value is -1.36. The Morgan fingerprint density at radius 1 is 1.36 bits per heavy atom. The Balaban J connectivity index is 2.61. The third-order valence-electron chi connectivity index (χ3n) is 1.84. The molecule has 72 valence electrons. The molecule has 0 fully saturated rings. The van der Waals surface area contributed by atoms with E-state index in [1.165, 1.54) is 0 Å². The molecular weight excluding hydrogens is 244 g/mol. The van der Waals surface area contributed by atoms with Gasteiger partial charge in [-0.05, 0) is 28.4 Å². The molecule has 0 unspecified atom stereocenters. The van der Waals surface area contributed by atoms with Gasteiger partial charge in [0.05, 0.1) is 22.6 Å². The van der Waals surface area contributed by atoms with Crippen molar-refractivity contribution in [3.63, 3.8) is 0 Å². The lowest BCUT2D eigenvalue weighted by Gasteiger charge is -2.06. The maximum Gasteiger partial charge on any atom is 0.105 e. The lowest BCUT2D eigenvalue weighted by atomic mass is 10.3. The van der Waals surface area contributed by atoms with Gasteiger partial charge in [-0.25, -0.2) is 4.68 Å². The van der Waals surface area contributed by atoms with Crippen LogP contribution in [0.25, 0.3) is 5.69 Å². The maximum atomic E-state index is 5.81. The zero-order valence-corrected chi connectivity index (χ0v) is 9.19. The highest BCUT2D eigenvalue weighted by molar-refractivity contribution is 9.10. The first-order chi connectivity index (χ1) is 6.68. The average Bonchev–Trinajstić information content (AvgIpc) is 2.51. The standard InChI is InChI=1S/C9H9BrN4/c1-6-2-13-14(5-6)9-7(10)3-12-4-8(9)11/h2-5H,11H2,1H3. The molecule has 0 saturated carbocycles. The topological polar surface area (TPSA) is 56.7 Å². The van der Waals surface area contributed by atoms with E-state index in [1.54, 1.807) is 23.3 Å². The van der Waals surface area contributed by atoms with E-state index in [0.717, 1.165) is 15.7 Å². The van der Waals surface area contributed by atoms with E-state index in [-0.39, 0.29) is 0 Å². The molecule has 0 amide bonds. The molecule has 0 radical (unpaired) electrons. The van der Waals surface area contributed by atoms with E-state index in [1.807, 2.05) is 13.1 Å². The molecule has 0 aromatic carbocycles. The molecule has 0 spiro atoms. The number of rotatable bonds is 1. The van der Waals surface area contributed by atoms with Crippen LogP contribution in [0.1, 0.15) is 5.56 Å². The lowest BCUT2D eigenvalue weighted by Crippen LogP contribution is -2.01. The summed E-state index contributed by atoms with van der Waals surface area (Å²) in [6, 6.07) is 0. The number of halogens is 1. The van der Waals surface area contributed by atoms with Crippen molar-refractivity contribution in [2.75, 3.05) is 5.73 Å². The second-order valence-corrected chi connectivity index (χ2v) is 3.88. The summed E-state index contributed by atoms with van der Waals surface area (Å²) in [5.41, 5.74) is 8.33. The third kappa shape index (κ3) is 1.50. The van der Waals surface area contributed by atoms with Crippen molar-refractivity contribution in [1.82, 2.24) is 14.8 Å². The SMILES string of the molecule is Cc1cnn(-c2c(N)cncc2Br)c1. The molecule has 2 aromatic heterocycles. The average molecular weight is 253 g/mol. The zero-order chi connectivity index (χ0) is 10.1. The Morgan fingerprint density at radius 2 is 2.14 bits per heavy atom. The molecule has 0 saturated heterocycles. The summed E-state index contributed by atoms with van der Waals surface area (Å²) in [5, 5.41) is 4.19. The van der Waals surface area contributed by atoms with Gasteiger partial charge in [0.15, 0.2) is 0 Å². The van der Waals surface area contributed by atoms with Crippen molar-refractivity contribution in [3.05, 3.63) is 34.8 Å². The fraction of sp³-hybridized carbons (Fsp3) is 0.111. The lowest BCUT2D eigenvalue weighted by molar-refractivity contribution is 0.875. The first kappa shape index (κ1) is 9.21. The predicted octanol–water partition coefficient (Wildman–Crippen LogP) is 1.92. The Bertz CT molecular complexity index is 443. The number of aryl methyl sites for hydroxylation is 1. The maximum absolute atomic E-state index is 5.81. The number of nitrogens with zero attached hydrogens (tertiary/aromatic N) is 3. The van der Waals surface area contributed by atoms with E-state index in [9.17, 15) is 0 Å². The van der Waals surface area contributed by atoms with Crippen LogP contribution in [-0.2, 0) is 0 Å². The molecule has 2 rings (SSSR count). The first-order valence-corrected chi connectivity index (χ1v) is 4.88. The minimum atomic E-state index is 0.600. The fourth-order valence-corrected chi connectivity index (χ4v) is 1.75. The number of aromatic nitrogens is 3. The molecule has 0 aliphatic carbocycles. The van der Waals surface area contributed by atoms with Gasteiger partial charge in [-0.2, -0.15) is 5.10 Å². The van der Waals surface area contributed by atoms with E-state index in [2.05, 4.69) is 26.0 Å². The molecule has 14 heavy (non-hydrogen) atoms. The van der Waals surface area contributed by atoms with Crippen LogP contribution in [0.15, 0.2) is 29.3 Å². The van der Waals surface area contributed by atoms with E-state index >= 15 is 0 Å². The van der Waals surface area contributed by atoms with Crippen molar-refractivity contribution in [2.45, 2.75) is 6.92 Å². The highest BCUT2D eigenvalue weighted by atomic mass is 79.9. The van der Waals surface area contributed by atoms with Crippen molar-refractivity contribution in [2.24, 2.45) is 0 Å². The van der Waals surface area contributed by atoms with Crippen molar-refractivity contribution in [3.8, 4) is 5.69 Å². The molecule has 0 aliphatic rings. The summed E-state index contributed by atoms with van der Waals surface area (Å²) in [6.07, 6.45) is 7.00. The number of nitrogen functional groups attached to an aromatic ring is 1. The van der Waals surface area contributed by atoms with Gasteiger partial charge in [0.25, 0.3) is 0 Å². The quantitative estimate of drug-likeness (QED) is 0.844. The van der Waals surface area contributed by atoms with E-state index in [0.29, 0.717) is 5.69 Å². The number of hydrogen-bond acceptors (Lipinski definition) is 3. The summed E-state index contributed by atoms with van der Waals surface area (Å²) in [5.74, 6) is 0. The van der Waals surface area contributed by atoms with Crippen LogP contribution < -0.4 is 5.73 Å². The number of nitrogens with two attached hydrogens (primary N) is 1. The van der Waals surface area contributed by atoms with Crippen molar-refractivity contribution >= 4 is 21.6 Å². The molecule has 0 atom stereocenters. The van der Waals surface area contributed by atoms with Crippen LogP contribution >= 0.6 is 15.9 Å². The fourth-order valence-electron chi connectivity index (χ4n) is 1.22. The molecule has 2 heterocycles. The van der Waals surface area contributed by atoms with Gasteiger partial charge < -0.3 is 5.73 Å². The Morgan fingerprint density at radius 3 is 2.71 bits per heavy atom. The summed E-state index contributed by atoms with van der Waals surface area (Å²) in [7, 11) is 0. The molecule has 2 N–H and O–H groups in total. The molecular formula is C9H9BrN4. The zero-order valence-electron chi connectivity index (χ0n) is 7.61. The van der Waals surface area contributed by atoms with Crippen LogP contribution in [-0.4, -0.2) is 14.8 Å². The third-order valence-corrected chi connectivity index (χ3v) is 2.42. The van der Waals surface area contributed by atoms with Crippen LogP contribution in [0.3, 0.4) is 0 Å². The Labute approximate surface area is 89.9 Å². The predicted molar refractivity (Wildman–Crippen MR) is 58.2 cm³/mol. The minimum Gasteiger partial charge on any atom is -0.396 e.